The Bertz CT molecular complexity index is 582. The average molecular weight is 378 g/mol. The summed E-state index contributed by atoms with van der Waals surface area (Å²) in [6.45, 7) is 20.5. The maximum Gasteiger partial charge on any atom is 0.136 e. The van der Waals surface area contributed by atoms with Crippen LogP contribution in [-0.4, -0.2) is 11.6 Å². The minimum absolute atomic E-state index is 0.0308. The first-order valence-electron chi connectivity index (χ1n) is 10.3. The van der Waals surface area contributed by atoms with E-state index in [9.17, 15) is 0 Å². The van der Waals surface area contributed by atoms with E-state index in [-0.39, 0.29) is 5.54 Å². The van der Waals surface area contributed by atoms with Gasteiger partial charge in [0, 0.05) is 10.8 Å². The van der Waals surface area contributed by atoms with Crippen molar-refractivity contribution in [3.8, 4) is 0 Å². The van der Waals surface area contributed by atoms with Gasteiger partial charge in [-0.3, -0.25) is 5.09 Å². The molecule has 4 unspecified atom stereocenters. The summed E-state index contributed by atoms with van der Waals surface area (Å²) < 4.78 is 6.95. The third-order valence-electron chi connectivity index (χ3n) is 5.48. The summed E-state index contributed by atoms with van der Waals surface area (Å²) in [5.74, 6) is 2.12. The molecule has 1 fully saturated rings. The number of hydrogen-bond donors (Lipinski definition) is 1. The summed E-state index contributed by atoms with van der Waals surface area (Å²) in [5.41, 5.74) is 4.08. The fraction of sp³-hybridized carbons (Fsp3) is 0.739. The Labute approximate surface area is 163 Å². The van der Waals surface area contributed by atoms with E-state index in [1.54, 1.807) is 0 Å². The zero-order valence-electron chi connectivity index (χ0n) is 18.4. The minimum atomic E-state index is -0.841. The topological polar surface area (TPSA) is 21.3 Å². The summed E-state index contributed by atoms with van der Waals surface area (Å²) in [6.07, 6.45) is 4.20. The molecule has 1 saturated carbocycles. The molecule has 1 N–H and O–H groups in total. The van der Waals surface area contributed by atoms with Crippen LogP contribution in [-0.2, 0) is 4.52 Å². The van der Waals surface area contributed by atoms with E-state index in [4.69, 9.17) is 4.52 Å². The van der Waals surface area contributed by atoms with Crippen molar-refractivity contribution in [2.24, 2.45) is 17.8 Å². The molecule has 4 atom stereocenters. The highest BCUT2D eigenvalue weighted by molar-refractivity contribution is 7.59. The monoisotopic (exact) mass is 377 g/mol. The molecular weight excluding hydrogens is 337 g/mol. The summed E-state index contributed by atoms with van der Waals surface area (Å²) in [6, 6.07) is 4.60. The van der Waals surface area contributed by atoms with Gasteiger partial charge in [-0.05, 0) is 83.3 Å². The van der Waals surface area contributed by atoms with Crippen LogP contribution in [0.25, 0.3) is 0 Å². The lowest BCUT2D eigenvalue weighted by Crippen LogP contribution is -2.40. The highest BCUT2D eigenvalue weighted by Crippen LogP contribution is 2.45. The van der Waals surface area contributed by atoms with Gasteiger partial charge in [0.05, 0.1) is 6.10 Å². The van der Waals surface area contributed by atoms with Crippen LogP contribution >= 0.6 is 8.30 Å². The fourth-order valence-electron chi connectivity index (χ4n) is 4.30. The molecule has 1 aliphatic carbocycles. The van der Waals surface area contributed by atoms with Gasteiger partial charge in [-0.1, -0.05) is 44.9 Å². The first-order valence-corrected chi connectivity index (χ1v) is 11.6. The molecule has 2 rings (SSSR count). The van der Waals surface area contributed by atoms with Gasteiger partial charge in [0.2, 0.25) is 0 Å². The Morgan fingerprint density at radius 3 is 2.15 bits per heavy atom. The average Bonchev–Trinajstić information content (AvgIpc) is 2.43. The van der Waals surface area contributed by atoms with Crippen LogP contribution in [0.3, 0.4) is 0 Å². The SMILES string of the molecule is Cc1cc(C)c(P(NC(C)(C)C)OC2CC(C)CCC2C(C)C)c(C)c1. The van der Waals surface area contributed by atoms with E-state index < -0.39 is 8.30 Å². The van der Waals surface area contributed by atoms with Crippen LogP contribution in [0.1, 0.15) is 77.5 Å². The largest absolute Gasteiger partial charge is 0.336 e. The van der Waals surface area contributed by atoms with Crippen molar-refractivity contribution in [3.05, 3.63) is 28.8 Å². The molecular formula is C23H40NOP. The normalized spacial score (nSPS) is 25.5. The lowest BCUT2D eigenvalue weighted by molar-refractivity contribution is 0.0545. The van der Waals surface area contributed by atoms with Crippen molar-refractivity contribution in [2.45, 2.75) is 93.2 Å². The van der Waals surface area contributed by atoms with Crippen molar-refractivity contribution >= 4 is 13.6 Å². The van der Waals surface area contributed by atoms with Crippen LogP contribution in [0.15, 0.2) is 12.1 Å². The van der Waals surface area contributed by atoms with Gasteiger partial charge in [-0.15, -0.1) is 0 Å². The molecule has 1 aromatic rings. The quantitative estimate of drug-likeness (QED) is 0.598. The molecule has 3 heteroatoms. The zero-order valence-corrected chi connectivity index (χ0v) is 19.3. The Morgan fingerprint density at radius 2 is 1.65 bits per heavy atom. The molecule has 0 amide bonds. The standard InChI is InChI=1S/C23H40NOP/c1-15(2)20-11-10-16(3)14-21(20)25-26(24-23(7,8)9)22-18(5)12-17(4)13-19(22)6/h12-13,15-16,20-21,24H,10-11,14H2,1-9H3. The van der Waals surface area contributed by atoms with Gasteiger partial charge in [0.15, 0.2) is 0 Å². The van der Waals surface area contributed by atoms with E-state index >= 15 is 0 Å². The van der Waals surface area contributed by atoms with Crippen molar-refractivity contribution in [3.63, 3.8) is 0 Å². The van der Waals surface area contributed by atoms with Gasteiger partial charge in [-0.25, -0.2) is 0 Å². The molecule has 0 spiro atoms. The number of hydrogen-bond acceptors (Lipinski definition) is 2. The Kier molecular flexibility index (Phi) is 7.33. The maximum atomic E-state index is 6.95. The summed E-state index contributed by atoms with van der Waals surface area (Å²) in [5, 5.41) is 5.23. The predicted molar refractivity (Wildman–Crippen MR) is 116 cm³/mol. The predicted octanol–water partition coefficient (Wildman–Crippen LogP) is 6.41. The lowest BCUT2D eigenvalue weighted by Gasteiger charge is -2.40. The third-order valence-corrected chi connectivity index (χ3v) is 7.94. The Hall–Kier alpha value is -0.430. The molecule has 0 heterocycles. The van der Waals surface area contributed by atoms with Crippen LogP contribution in [0, 0.1) is 38.5 Å². The second kappa shape index (κ2) is 8.72. The van der Waals surface area contributed by atoms with Gasteiger partial charge in [-0.2, -0.15) is 0 Å². The Balaban J connectivity index is 2.36. The van der Waals surface area contributed by atoms with Gasteiger partial charge in [0.1, 0.15) is 8.30 Å². The number of rotatable bonds is 5. The summed E-state index contributed by atoms with van der Waals surface area (Å²) in [7, 11) is -0.841. The molecule has 0 aliphatic heterocycles. The van der Waals surface area contributed by atoms with Gasteiger partial charge < -0.3 is 4.52 Å². The van der Waals surface area contributed by atoms with Gasteiger partial charge in [0.25, 0.3) is 0 Å². The van der Waals surface area contributed by atoms with Crippen LogP contribution in [0.4, 0.5) is 0 Å². The van der Waals surface area contributed by atoms with E-state index in [0.717, 1.165) is 5.92 Å². The highest BCUT2D eigenvalue weighted by atomic mass is 31.2. The minimum Gasteiger partial charge on any atom is -0.336 e. The van der Waals surface area contributed by atoms with Crippen molar-refractivity contribution in [1.29, 1.82) is 0 Å². The molecule has 0 bridgehead atoms. The molecule has 1 aromatic carbocycles. The van der Waals surface area contributed by atoms with E-state index in [1.165, 1.54) is 41.3 Å². The highest BCUT2D eigenvalue weighted by Gasteiger charge is 2.35. The molecule has 2 nitrogen and oxygen atoms in total. The molecule has 0 radical (unpaired) electrons. The second-order valence-electron chi connectivity index (χ2n) is 9.87. The van der Waals surface area contributed by atoms with E-state index in [2.05, 4.69) is 79.5 Å². The van der Waals surface area contributed by atoms with Crippen LogP contribution in [0.2, 0.25) is 0 Å². The lowest BCUT2D eigenvalue weighted by atomic mass is 9.75. The smallest absolute Gasteiger partial charge is 0.136 e. The number of aryl methyl sites for hydroxylation is 3. The van der Waals surface area contributed by atoms with Crippen molar-refractivity contribution < 1.29 is 4.52 Å². The van der Waals surface area contributed by atoms with Crippen molar-refractivity contribution in [1.82, 2.24) is 5.09 Å². The molecule has 1 aliphatic rings. The molecule has 148 valence electrons. The summed E-state index contributed by atoms with van der Waals surface area (Å²) >= 11 is 0. The third kappa shape index (κ3) is 5.78. The summed E-state index contributed by atoms with van der Waals surface area (Å²) in [4.78, 5) is 0. The van der Waals surface area contributed by atoms with Crippen molar-refractivity contribution in [2.75, 3.05) is 0 Å². The van der Waals surface area contributed by atoms with E-state index in [1.807, 2.05) is 0 Å². The Morgan fingerprint density at radius 1 is 1.08 bits per heavy atom. The van der Waals surface area contributed by atoms with Crippen LogP contribution in [0.5, 0.6) is 0 Å². The maximum absolute atomic E-state index is 6.95. The number of nitrogens with one attached hydrogen (secondary N) is 1. The van der Waals surface area contributed by atoms with Crippen LogP contribution < -0.4 is 10.4 Å². The van der Waals surface area contributed by atoms with E-state index in [0.29, 0.717) is 17.9 Å². The fourth-order valence-corrected chi connectivity index (χ4v) is 6.47. The molecule has 26 heavy (non-hydrogen) atoms. The first kappa shape index (κ1) is 21.9. The first-order chi connectivity index (χ1) is 12.0. The molecule has 0 aromatic heterocycles. The van der Waals surface area contributed by atoms with Gasteiger partial charge >= 0.3 is 0 Å². The molecule has 0 saturated heterocycles. The second-order valence-corrected chi connectivity index (χ2v) is 11.3. The number of benzene rings is 1. The zero-order chi connectivity index (χ0) is 19.6.